The van der Waals surface area contributed by atoms with Crippen LogP contribution in [0, 0.1) is 0 Å². The van der Waals surface area contributed by atoms with Crippen molar-refractivity contribution in [3.05, 3.63) is 22.7 Å². The van der Waals surface area contributed by atoms with E-state index in [1.54, 1.807) is 12.1 Å². The Labute approximate surface area is 134 Å². The summed E-state index contributed by atoms with van der Waals surface area (Å²) < 4.78 is 31.4. The summed E-state index contributed by atoms with van der Waals surface area (Å²) in [5.41, 5.74) is 6.09. The summed E-state index contributed by atoms with van der Waals surface area (Å²) in [4.78, 5) is 2.41. The highest BCUT2D eigenvalue weighted by molar-refractivity contribution is 9.10. The van der Waals surface area contributed by atoms with Crippen LogP contribution >= 0.6 is 15.9 Å². The average Bonchev–Trinajstić information content (AvgIpc) is 2.37. The van der Waals surface area contributed by atoms with Crippen molar-refractivity contribution in [2.24, 2.45) is 0 Å². The predicted molar refractivity (Wildman–Crippen MR) is 87.1 cm³/mol. The minimum Gasteiger partial charge on any atom is -0.398 e. The fraction of sp³-hybridized carbons (Fsp3) is 0.571. The first kappa shape index (κ1) is 16.7. The largest absolute Gasteiger partial charge is 0.398 e. The van der Waals surface area contributed by atoms with Gasteiger partial charge >= 0.3 is 0 Å². The third-order valence-electron chi connectivity index (χ3n) is 3.61. The van der Waals surface area contributed by atoms with Crippen molar-refractivity contribution in [3.63, 3.8) is 0 Å². The number of ether oxygens (including phenoxy) is 1. The molecule has 0 amide bonds. The Bertz CT molecular complexity index is 604. The third-order valence-corrected chi connectivity index (χ3v) is 5.96. The number of benzene rings is 1. The van der Waals surface area contributed by atoms with Gasteiger partial charge in [-0.15, -0.1) is 0 Å². The molecule has 1 fully saturated rings. The Balaban J connectivity index is 2.14. The Morgan fingerprint density at radius 2 is 2.19 bits per heavy atom. The van der Waals surface area contributed by atoms with Crippen LogP contribution in [-0.2, 0) is 14.6 Å². The van der Waals surface area contributed by atoms with Gasteiger partial charge < -0.3 is 10.5 Å². The van der Waals surface area contributed by atoms with E-state index in [-0.39, 0.29) is 22.4 Å². The topological polar surface area (TPSA) is 72.6 Å². The summed E-state index contributed by atoms with van der Waals surface area (Å²) in [7, 11) is -3.45. The van der Waals surface area contributed by atoms with Gasteiger partial charge in [-0.2, -0.15) is 0 Å². The molecule has 1 aromatic carbocycles. The summed E-state index contributed by atoms with van der Waals surface area (Å²) in [6, 6.07) is 5.22. The molecule has 1 aliphatic heterocycles. The van der Waals surface area contributed by atoms with Gasteiger partial charge in [0.1, 0.15) is 0 Å². The van der Waals surface area contributed by atoms with Crippen molar-refractivity contribution in [1.82, 2.24) is 4.90 Å². The lowest BCUT2D eigenvalue weighted by Crippen LogP contribution is -2.48. The van der Waals surface area contributed by atoms with Crippen LogP contribution in [0.4, 0.5) is 5.69 Å². The van der Waals surface area contributed by atoms with E-state index in [1.807, 2.05) is 0 Å². The number of nitrogens with two attached hydrogens (primary N) is 1. The molecule has 0 bridgehead atoms. The first-order valence-corrected chi connectivity index (χ1v) is 9.37. The van der Waals surface area contributed by atoms with Crippen LogP contribution in [0.2, 0.25) is 0 Å². The number of rotatable bonds is 4. The lowest BCUT2D eigenvalue weighted by molar-refractivity contribution is -0.0272. The van der Waals surface area contributed by atoms with E-state index in [0.717, 1.165) is 11.0 Å². The maximum atomic E-state index is 12.5. The van der Waals surface area contributed by atoms with Gasteiger partial charge in [0.2, 0.25) is 0 Å². The van der Waals surface area contributed by atoms with Crippen molar-refractivity contribution < 1.29 is 13.2 Å². The van der Waals surface area contributed by atoms with Crippen LogP contribution in [0.3, 0.4) is 0 Å². The van der Waals surface area contributed by atoms with Crippen LogP contribution in [0.5, 0.6) is 0 Å². The van der Waals surface area contributed by atoms with E-state index >= 15 is 0 Å². The molecule has 1 aliphatic rings. The second-order valence-electron chi connectivity index (χ2n) is 5.55. The molecule has 1 saturated heterocycles. The first-order chi connectivity index (χ1) is 9.79. The first-order valence-electron chi connectivity index (χ1n) is 6.93. The molecule has 1 atom stereocenters. The van der Waals surface area contributed by atoms with E-state index < -0.39 is 9.84 Å². The lowest BCUT2D eigenvalue weighted by atomic mass is 10.2. The third kappa shape index (κ3) is 4.18. The van der Waals surface area contributed by atoms with Crippen molar-refractivity contribution in [2.45, 2.75) is 30.9 Å². The van der Waals surface area contributed by atoms with Crippen molar-refractivity contribution in [1.29, 1.82) is 0 Å². The Morgan fingerprint density at radius 1 is 1.48 bits per heavy atom. The van der Waals surface area contributed by atoms with E-state index in [9.17, 15) is 8.42 Å². The number of anilines is 1. The standard InChI is InChI=1S/C14H21BrN2O3S/c1-10(2)17-5-6-20-12(8-17)9-21(18,19)14-4-3-11(15)7-13(14)16/h3-4,7,10,12H,5-6,8-9,16H2,1-2H3. The maximum Gasteiger partial charge on any atom is 0.183 e. The van der Waals surface area contributed by atoms with Gasteiger partial charge in [-0.1, -0.05) is 15.9 Å². The van der Waals surface area contributed by atoms with Crippen molar-refractivity contribution in [2.75, 3.05) is 31.2 Å². The SMILES string of the molecule is CC(C)N1CCOC(CS(=O)(=O)c2ccc(Br)cc2N)C1. The number of nitrogens with zero attached hydrogens (tertiary/aromatic N) is 1. The monoisotopic (exact) mass is 376 g/mol. The summed E-state index contributed by atoms with van der Waals surface area (Å²) in [6.45, 7) is 6.24. The molecule has 0 saturated carbocycles. The van der Waals surface area contributed by atoms with E-state index in [4.69, 9.17) is 10.5 Å². The second kappa shape index (κ2) is 6.64. The Morgan fingerprint density at radius 3 is 2.81 bits per heavy atom. The smallest absolute Gasteiger partial charge is 0.183 e. The molecule has 0 spiro atoms. The summed E-state index contributed by atoms with van der Waals surface area (Å²) in [6.07, 6.45) is -0.311. The molecule has 1 aromatic rings. The highest BCUT2D eigenvalue weighted by Crippen LogP contribution is 2.25. The van der Waals surface area contributed by atoms with Crippen molar-refractivity contribution in [3.8, 4) is 0 Å². The lowest BCUT2D eigenvalue weighted by Gasteiger charge is -2.35. The maximum absolute atomic E-state index is 12.5. The molecule has 0 aliphatic carbocycles. The van der Waals surface area contributed by atoms with Crippen LogP contribution in [0.1, 0.15) is 13.8 Å². The highest BCUT2D eigenvalue weighted by atomic mass is 79.9. The summed E-state index contributed by atoms with van der Waals surface area (Å²) >= 11 is 3.28. The molecule has 2 N–H and O–H groups in total. The number of sulfone groups is 1. The Kier molecular flexibility index (Phi) is 5.29. The van der Waals surface area contributed by atoms with Gasteiger partial charge in [-0.3, -0.25) is 4.90 Å². The zero-order valence-corrected chi connectivity index (χ0v) is 14.7. The molecule has 7 heteroatoms. The number of morpholine rings is 1. The van der Waals surface area contributed by atoms with Crippen LogP contribution < -0.4 is 5.73 Å². The molecule has 21 heavy (non-hydrogen) atoms. The van der Waals surface area contributed by atoms with Gasteiger partial charge in [0.15, 0.2) is 9.84 Å². The molecule has 0 radical (unpaired) electrons. The second-order valence-corrected chi connectivity index (χ2v) is 8.46. The minimum absolute atomic E-state index is 0.0396. The molecule has 1 unspecified atom stereocenters. The van der Waals surface area contributed by atoms with Crippen LogP contribution in [0.25, 0.3) is 0 Å². The number of halogens is 1. The number of nitrogen functional groups attached to an aromatic ring is 1. The molecule has 2 rings (SSSR count). The normalized spacial score (nSPS) is 20.9. The molecule has 5 nitrogen and oxygen atoms in total. The summed E-state index contributed by atoms with van der Waals surface area (Å²) in [5, 5.41) is 0. The van der Waals surface area contributed by atoms with Gasteiger partial charge in [0.05, 0.1) is 29.0 Å². The molecule has 1 heterocycles. The number of hydrogen-bond acceptors (Lipinski definition) is 5. The van der Waals surface area contributed by atoms with Gasteiger partial charge in [0.25, 0.3) is 0 Å². The molecule has 0 aromatic heterocycles. The van der Waals surface area contributed by atoms with Gasteiger partial charge in [-0.25, -0.2) is 8.42 Å². The highest BCUT2D eigenvalue weighted by Gasteiger charge is 2.28. The fourth-order valence-electron chi connectivity index (χ4n) is 2.45. The molecule has 118 valence electrons. The van der Waals surface area contributed by atoms with E-state index in [2.05, 4.69) is 34.7 Å². The Hall–Kier alpha value is -0.630. The van der Waals surface area contributed by atoms with Gasteiger partial charge in [-0.05, 0) is 32.0 Å². The average molecular weight is 377 g/mol. The van der Waals surface area contributed by atoms with Crippen molar-refractivity contribution >= 4 is 31.5 Å². The van der Waals surface area contributed by atoms with E-state index in [1.165, 1.54) is 6.07 Å². The quantitative estimate of drug-likeness (QED) is 0.812. The zero-order valence-electron chi connectivity index (χ0n) is 12.3. The van der Waals surface area contributed by atoms with Crippen LogP contribution in [-0.4, -0.2) is 50.9 Å². The predicted octanol–water partition coefficient (Wildman–Crippen LogP) is 1.91. The van der Waals surface area contributed by atoms with E-state index in [0.29, 0.717) is 19.2 Å². The minimum atomic E-state index is -3.45. The van der Waals surface area contributed by atoms with Crippen LogP contribution in [0.15, 0.2) is 27.6 Å². The molecular formula is C14H21BrN2O3S. The zero-order chi connectivity index (χ0) is 15.6. The fourth-order valence-corrected chi connectivity index (χ4v) is 4.39. The number of hydrogen-bond donors (Lipinski definition) is 1. The van der Waals surface area contributed by atoms with Gasteiger partial charge in [0, 0.05) is 23.6 Å². The molecular weight excluding hydrogens is 356 g/mol. The summed E-state index contributed by atoms with van der Waals surface area (Å²) in [5.74, 6) is -0.0396.